The Kier molecular flexibility index (Phi) is 5.68. The fourth-order valence-electron chi connectivity index (χ4n) is 5.75. The van der Waals surface area contributed by atoms with Crippen molar-refractivity contribution in [1.82, 2.24) is 29.5 Å². The number of sulfone groups is 1. The summed E-state index contributed by atoms with van der Waals surface area (Å²) in [6.45, 7) is -1.63. The van der Waals surface area contributed by atoms with Gasteiger partial charge in [0, 0.05) is 48.0 Å². The molecule has 0 amide bonds. The smallest absolute Gasteiger partial charge is 0.224 e. The van der Waals surface area contributed by atoms with Gasteiger partial charge in [-0.15, -0.1) is 5.10 Å². The van der Waals surface area contributed by atoms with Crippen molar-refractivity contribution in [2.24, 2.45) is 13.0 Å². The molecule has 1 atom stereocenters. The number of hydrogen-bond donors (Lipinski definition) is 0. The maximum absolute atomic E-state index is 15.7. The van der Waals surface area contributed by atoms with Crippen LogP contribution >= 0.6 is 0 Å². The highest BCUT2D eigenvalue weighted by atomic mass is 32.2. The van der Waals surface area contributed by atoms with Gasteiger partial charge in [-0.1, -0.05) is 23.4 Å². The van der Waals surface area contributed by atoms with Crippen LogP contribution in [0, 0.1) is 18.6 Å². The first kappa shape index (κ1) is 22.9. The Balaban J connectivity index is 1.80. The molecule has 0 aliphatic carbocycles. The van der Waals surface area contributed by atoms with Gasteiger partial charge >= 0.3 is 0 Å². The third-order valence-electron chi connectivity index (χ3n) is 7.50. The average Bonchev–Trinajstić information content (AvgIpc) is 3.52. The van der Waals surface area contributed by atoms with Crippen LogP contribution in [0.3, 0.4) is 0 Å². The van der Waals surface area contributed by atoms with Gasteiger partial charge in [-0.3, -0.25) is 4.98 Å². The number of aromatic nitrogens is 6. The van der Waals surface area contributed by atoms with Gasteiger partial charge in [0.2, 0.25) is 5.88 Å². The second kappa shape index (κ2) is 9.93. The zero-order chi connectivity index (χ0) is 30.7. The zero-order valence-electron chi connectivity index (χ0n) is 25.1. The highest BCUT2D eigenvalue weighted by Crippen LogP contribution is 2.45. The SMILES string of the molecule is [2H]C([2H])([2H])c1nnn(C)c1-c1cnc2c3c(OC)ncc(S(C)(=O)=O)c3n([C@H](c3ccccc3F)C3CCOCC3)c2c1. The molecule has 1 aliphatic heterocycles. The molecule has 10 nitrogen and oxygen atoms in total. The predicted octanol–water partition coefficient (Wildman–Crippen LogP) is 4.26. The normalized spacial score (nSPS) is 17.1. The summed E-state index contributed by atoms with van der Waals surface area (Å²) in [5.74, 6) is -0.437. The number of halogens is 1. The molecule has 4 aromatic heterocycles. The Morgan fingerprint density at radius 2 is 1.98 bits per heavy atom. The third kappa shape index (κ3) is 4.22. The number of fused-ring (bicyclic) bond motifs is 3. The van der Waals surface area contributed by atoms with Crippen LogP contribution in [-0.2, 0) is 21.6 Å². The lowest BCUT2D eigenvalue weighted by molar-refractivity contribution is 0.0548. The van der Waals surface area contributed by atoms with Gasteiger partial charge in [0.1, 0.15) is 16.2 Å². The molecule has 208 valence electrons. The van der Waals surface area contributed by atoms with Crippen LogP contribution in [0.5, 0.6) is 5.88 Å². The molecule has 6 rings (SSSR count). The van der Waals surface area contributed by atoms with Crippen molar-refractivity contribution in [3.05, 3.63) is 59.8 Å². The number of methoxy groups -OCH3 is 1. The molecule has 5 aromatic rings. The van der Waals surface area contributed by atoms with Crippen LogP contribution in [0.25, 0.3) is 33.2 Å². The molecule has 0 saturated carbocycles. The molecule has 0 spiro atoms. The summed E-state index contributed by atoms with van der Waals surface area (Å²) in [6.07, 6.45) is 5.01. The van der Waals surface area contributed by atoms with Crippen LogP contribution in [-0.4, -0.2) is 64.5 Å². The number of nitrogens with zero attached hydrogens (tertiary/aromatic N) is 6. The van der Waals surface area contributed by atoms with E-state index in [9.17, 15) is 8.42 Å². The zero-order valence-corrected chi connectivity index (χ0v) is 22.9. The van der Waals surface area contributed by atoms with Crippen molar-refractivity contribution < 1.29 is 26.4 Å². The van der Waals surface area contributed by atoms with Crippen molar-refractivity contribution in [2.75, 3.05) is 26.6 Å². The van der Waals surface area contributed by atoms with Gasteiger partial charge < -0.3 is 14.0 Å². The summed E-state index contributed by atoms with van der Waals surface area (Å²) < 4.78 is 80.6. The number of ether oxygens (including phenoxy) is 2. The van der Waals surface area contributed by atoms with Crippen LogP contribution < -0.4 is 4.74 Å². The summed E-state index contributed by atoms with van der Waals surface area (Å²) in [4.78, 5) is 8.95. The van der Waals surface area contributed by atoms with Crippen molar-refractivity contribution in [3.63, 3.8) is 0 Å². The van der Waals surface area contributed by atoms with E-state index in [-0.39, 0.29) is 33.6 Å². The van der Waals surface area contributed by atoms with Gasteiger partial charge in [-0.25, -0.2) is 22.5 Å². The average molecular weight is 568 g/mol. The predicted molar refractivity (Wildman–Crippen MR) is 148 cm³/mol. The second-order valence-electron chi connectivity index (χ2n) is 9.92. The van der Waals surface area contributed by atoms with E-state index in [4.69, 9.17) is 18.6 Å². The number of pyridine rings is 2. The minimum Gasteiger partial charge on any atom is -0.480 e. The third-order valence-corrected chi connectivity index (χ3v) is 8.59. The minimum absolute atomic E-state index is 0.0679. The summed E-state index contributed by atoms with van der Waals surface area (Å²) >= 11 is 0. The molecule has 40 heavy (non-hydrogen) atoms. The Hall–Kier alpha value is -3.90. The molecule has 0 unspecified atom stereocenters. The molecule has 1 aliphatic rings. The standard InChI is InChI=1S/C28H29FN6O4S/c1-16-25(34(2)33-32-16)18-13-21-24(30-14-18)23-27(22(40(4,36)37)15-31-28(23)38-3)35(21)26(17-9-11-39-12-10-17)19-7-5-6-8-20(19)29/h5-8,13-15,17,26H,9-12H2,1-4H3/t26-/m0/s1/i1D3. The molecular weight excluding hydrogens is 535 g/mol. The molecule has 1 aromatic carbocycles. The lowest BCUT2D eigenvalue weighted by atomic mass is 9.86. The van der Waals surface area contributed by atoms with E-state index in [0.717, 1.165) is 6.26 Å². The molecule has 1 fully saturated rings. The van der Waals surface area contributed by atoms with Crippen LogP contribution in [0.15, 0.2) is 47.6 Å². The Morgan fingerprint density at radius 1 is 1.20 bits per heavy atom. The Bertz CT molecular complexity index is 1970. The maximum atomic E-state index is 15.7. The maximum Gasteiger partial charge on any atom is 0.224 e. The van der Waals surface area contributed by atoms with Crippen LogP contribution in [0.1, 0.15) is 34.3 Å². The van der Waals surface area contributed by atoms with E-state index in [1.165, 1.54) is 30.3 Å². The minimum atomic E-state index is -3.85. The summed E-state index contributed by atoms with van der Waals surface area (Å²) in [5, 5.41) is 8.19. The summed E-state index contributed by atoms with van der Waals surface area (Å²) in [6, 6.07) is 7.46. The van der Waals surface area contributed by atoms with Gasteiger partial charge in [0.15, 0.2) is 9.84 Å². The molecule has 12 heteroatoms. The molecule has 5 heterocycles. The fraction of sp³-hybridized carbons (Fsp3) is 0.357. The van der Waals surface area contributed by atoms with Gasteiger partial charge in [0.25, 0.3) is 0 Å². The van der Waals surface area contributed by atoms with Gasteiger partial charge in [-0.2, -0.15) is 0 Å². The van der Waals surface area contributed by atoms with Crippen LogP contribution in [0.2, 0.25) is 0 Å². The van der Waals surface area contributed by atoms with Crippen LogP contribution in [0.4, 0.5) is 4.39 Å². The summed E-state index contributed by atoms with van der Waals surface area (Å²) in [7, 11) is -0.844. The number of hydrogen-bond acceptors (Lipinski definition) is 8. The molecule has 0 bridgehead atoms. The Morgan fingerprint density at radius 3 is 2.67 bits per heavy atom. The van der Waals surface area contributed by atoms with Crippen molar-refractivity contribution >= 4 is 31.8 Å². The second-order valence-corrected chi connectivity index (χ2v) is 11.9. The molecule has 1 saturated heterocycles. The largest absolute Gasteiger partial charge is 0.480 e. The van der Waals surface area contributed by atoms with E-state index in [1.54, 1.807) is 35.9 Å². The molecule has 0 N–H and O–H groups in total. The first-order valence-corrected chi connectivity index (χ1v) is 14.6. The first-order valence-electron chi connectivity index (χ1n) is 14.2. The van der Waals surface area contributed by atoms with Gasteiger partial charge in [0.05, 0.1) is 47.2 Å². The number of benzene rings is 1. The Labute approximate surface area is 234 Å². The van der Waals surface area contributed by atoms with Crippen molar-refractivity contribution in [1.29, 1.82) is 0 Å². The topological polar surface area (TPSA) is 114 Å². The highest BCUT2D eigenvalue weighted by Gasteiger charge is 2.35. The van der Waals surface area contributed by atoms with Crippen molar-refractivity contribution in [3.8, 4) is 17.1 Å². The highest BCUT2D eigenvalue weighted by molar-refractivity contribution is 7.91. The number of rotatable bonds is 6. The molecule has 0 radical (unpaired) electrons. The lowest BCUT2D eigenvalue weighted by Crippen LogP contribution is -2.28. The number of aryl methyl sites for hydroxylation is 2. The fourth-order valence-corrected chi connectivity index (χ4v) is 6.54. The van der Waals surface area contributed by atoms with E-state index >= 15 is 4.39 Å². The van der Waals surface area contributed by atoms with E-state index in [1.807, 2.05) is 0 Å². The van der Waals surface area contributed by atoms with E-state index < -0.39 is 28.5 Å². The van der Waals surface area contributed by atoms with Gasteiger partial charge in [-0.05, 0) is 37.7 Å². The summed E-state index contributed by atoms with van der Waals surface area (Å²) in [5.41, 5.74) is 1.88. The first-order chi connectivity index (χ1) is 20.4. The van der Waals surface area contributed by atoms with E-state index in [0.29, 0.717) is 53.6 Å². The quantitative estimate of drug-likeness (QED) is 0.299. The lowest BCUT2D eigenvalue weighted by Gasteiger charge is -2.33. The monoisotopic (exact) mass is 567 g/mol. The molecular formula is C28H29FN6O4S. The van der Waals surface area contributed by atoms with Crippen molar-refractivity contribution in [2.45, 2.75) is 30.6 Å². The van der Waals surface area contributed by atoms with E-state index in [2.05, 4.69) is 15.3 Å².